The van der Waals surface area contributed by atoms with Gasteiger partial charge in [-0.05, 0) is 17.9 Å². The Hall–Kier alpha value is -0.810. The van der Waals surface area contributed by atoms with Gasteiger partial charge >= 0.3 is 0 Å². The molecule has 0 amide bonds. The van der Waals surface area contributed by atoms with Crippen LogP contribution in [0.4, 0.5) is 0 Å². The number of nitrogens with one attached hydrogen (secondary N) is 1. The molecule has 2 aromatic heterocycles. The Balaban J connectivity index is 2.10. The predicted molar refractivity (Wildman–Crippen MR) is 60.7 cm³/mol. The highest BCUT2D eigenvalue weighted by Gasteiger charge is 2.05. The summed E-state index contributed by atoms with van der Waals surface area (Å²) < 4.78 is 0. The Morgan fingerprint density at radius 3 is 3.21 bits per heavy atom. The molecule has 2 aromatic rings. The van der Waals surface area contributed by atoms with Gasteiger partial charge in [-0.3, -0.25) is 5.10 Å². The first-order valence-electron chi connectivity index (χ1n) is 4.49. The molecule has 0 aliphatic rings. The summed E-state index contributed by atoms with van der Waals surface area (Å²) in [7, 11) is 0. The van der Waals surface area contributed by atoms with Gasteiger partial charge < -0.3 is 0 Å². The van der Waals surface area contributed by atoms with E-state index in [1.807, 2.05) is 17.5 Å². The van der Waals surface area contributed by atoms with Gasteiger partial charge in [-0.15, -0.1) is 16.4 Å². The van der Waals surface area contributed by atoms with Gasteiger partial charge in [-0.25, -0.2) is 4.98 Å². The van der Waals surface area contributed by atoms with E-state index in [0.29, 0.717) is 0 Å². The molecule has 2 rings (SSSR count). The zero-order valence-corrected chi connectivity index (χ0v) is 9.49. The molecule has 0 aromatic carbocycles. The Kier molecular flexibility index (Phi) is 3.21. The normalized spacial score (nSPS) is 10.6. The van der Waals surface area contributed by atoms with Crippen LogP contribution < -0.4 is 0 Å². The fraction of sp³-hybridized carbons (Fsp3) is 0.333. The van der Waals surface area contributed by atoms with Crippen molar-refractivity contribution in [2.24, 2.45) is 0 Å². The number of aromatic nitrogens is 3. The van der Waals surface area contributed by atoms with E-state index in [1.165, 1.54) is 0 Å². The van der Waals surface area contributed by atoms with Crippen LogP contribution in [-0.4, -0.2) is 20.9 Å². The first-order chi connectivity index (χ1) is 6.90. The van der Waals surface area contributed by atoms with Crippen molar-refractivity contribution in [3.8, 4) is 10.7 Å². The van der Waals surface area contributed by atoms with Crippen molar-refractivity contribution in [2.75, 3.05) is 5.75 Å². The third kappa shape index (κ3) is 2.16. The lowest BCUT2D eigenvalue weighted by Gasteiger charge is -1.89. The van der Waals surface area contributed by atoms with Crippen molar-refractivity contribution in [2.45, 2.75) is 18.5 Å². The highest BCUT2D eigenvalue weighted by molar-refractivity contribution is 7.99. The van der Waals surface area contributed by atoms with E-state index in [1.54, 1.807) is 23.1 Å². The van der Waals surface area contributed by atoms with Crippen LogP contribution in [-0.2, 0) is 0 Å². The molecule has 0 fully saturated rings. The van der Waals surface area contributed by atoms with Crippen molar-refractivity contribution >= 4 is 23.1 Å². The summed E-state index contributed by atoms with van der Waals surface area (Å²) in [6, 6.07) is 4.06. The molecule has 0 saturated carbocycles. The van der Waals surface area contributed by atoms with E-state index in [2.05, 4.69) is 22.1 Å². The molecule has 1 N–H and O–H groups in total. The molecule has 0 unspecified atom stereocenters. The average Bonchev–Trinajstić information content (AvgIpc) is 2.85. The first-order valence-corrected chi connectivity index (χ1v) is 6.35. The second-order valence-electron chi connectivity index (χ2n) is 2.79. The number of thioether (sulfide) groups is 1. The molecule has 74 valence electrons. The lowest BCUT2D eigenvalue weighted by Crippen LogP contribution is -1.77. The maximum Gasteiger partial charge on any atom is 0.208 e. The van der Waals surface area contributed by atoms with Crippen LogP contribution in [0.15, 0.2) is 22.7 Å². The molecule has 0 aliphatic carbocycles. The van der Waals surface area contributed by atoms with Crippen LogP contribution in [0.5, 0.6) is 0 Å². The number of H-pyrrole nitrogens is 1. The van der Waals surface area contributed by atoms with Crippen molar-refractivity contribution in [3.05, 3.63) is 17.5 Å². The van der Waals surface area contributed by atoms with Gasteiger partial charge in [0.15, 0.2) is 5.82 Å². The largest absolute Gasteiger partial charge is 0.257 e. The van der Waals surface area contributed by atoms with E-state index >= 15 is 0 Å². The van der Waals surface area contributed by atoms with Crippen molar-refractivity contribution in [3.63, 3.8) is 0 Å². The van der Waals surface area contributed by atoms with Crippen LogP contribution in [0, 0.1) is 0 Å². The Morgan fingerprint density at radius 1 is 1.57 bits per heavy atom. The fourth-order valence-corrected chi connectivity index (χ4v) is 2.34. The molecule has 0 bridgehead atoms. The first kappa shape index (κ1) is 9.73. The summed E-state index contributed by atoms with van der Waals surface area (Å²) in [5.41, 5.74) is 0. The summed E-state index contributed by atoms with van der Waals surface area (Å²) in [6.45, 7) is 2.15. The number of nitrogens with zero attached hydrogens (tertiary/aromatic N) is 2. The summed E-state index contributed by atoms with van der Waals surface area (Å²) in [5.74, 6) is 1.94. The fourth-order valence-electron chi connectivity index (χ4n) is 1.03. The second-order valence-corrected chi connectivity index (χ2v) is 4.80. The summed E-state index contributed by atoms with van der Waals surface area (Å²) in [6.07, 6.45) is 1.15. The molecule has 0 radical (unpaired) electrons. The molecule has 5 heteroatoms. The highest BCUT2D eigenvalue weighted by Crippen LogP contribution is 2.23. The lowest BCUT2D eigenvalue weighted by molar-refractivity contribution is 0.968. The Bertz CT molecular complexity index is 380. The molecule has 2 heterocycles. The molecule has 0 spiro atoms. The quantitative estimate of drug-likeness (QED) is 0.813. The predicted octanol–water partition coefficient (Wildman–Crippen LogP) is 3.04. The van der Waals surface area contributed by atoms with E-state index < -0.39 is 0 Å². The maximum absolute atomic E-state index is 4.40. The topological polar surface area (TPSA) is 41.6 Å². The van der Waals surface area contributed by atoms with Gasteiger partial charge in [0, 0.05) is 5.75 Å². The summed E-state index contributed by atoms with van der Waals surface area (Å²) >= 11 is 3.36. The third-order valence-corrected chi connectivity index (χ3v) is 3.58. The summed E-state index contributed by atoms with van der Waals surface area (Å²) in [4.78, 5) is 5.54. The van der Waals surface area contributed by atoms with Crippen LogP contribution in [0.25, 0.3) is 10.7 Å². The van der Waals surface area contributed by atoms with Crippen LogP contribution in [0.1, 0.15) is 13.3 Å². The maximum atomic E-state index is 4.40. The molecular formula is C9H11N3S2. The third-order valence-electron chi connectivity index (χ3n) is 1.65. The van der Waals surface area contributed by atoms with Crippen LogP contribution in [0.2, 0.25) is 0 Å². The van der Waals surface area contributed by atoms with Crippen LogP contribution in [0.3, 0.4) is 0 Å². The van der Waals surface area contributed by atoms with Gasteiger partial charge in [0.2, 0.25) is 5.16 Å². The number of aromatic amines is 1. The number of hydrogen-bond acceptors (Lipinski definition) is 4. The van der Waals surface area contributed by atoms with Gasteiger partial charge in [0.25, 0.3) is 0 Å². The second kappa shape index (κ2) is 4.61. The minimum Gasteiger partial charge on any atom is -0.257 e. The van der Waals surface area contributed by atoms with E-state index in [4.69, 9.17) is 0 Å². The van der Waals surface area contributed by atoms with Gasteiger partial charge in [-0.1, -0.05) is 24.8 Å². The number of thiophene rings is 1. The smallest absolute Gasteiger partial charge is 0.208 e. The van der Waals surface area contributed by atoms with E-state index in [9.17, 15) is 0 Å². The highest BCUT2D eigenvalue weighted by atomic mass is 32.2. The number of hydrogen-bond donors (Lipinski definition) is 1. The standard InChI is InChI=1S/C9H11N3S2/c1-2-5-14-9-10-8(11-12-9)7-4-3-6-13-7/h3-4,6H,2,5H2,1H3,(H,10,11,12). The molecule has 0 atom stereocenters. The lowest BCUT2D eigenvalue weighted by atomic mass is 10.4. The average molecular weight is 225 g/mol. The molecule has 3 nitrogen and oxygen atoms in total. The van der Waals surface area contributed by atoms with Crippen molar-refractivity contribution in [1.29, 1.82) is 0 Å². The monoisotopic (exact) mass is 225 g/mol. The summed E-state index contributed by atoms with van der Waals surface area (Å²) in [5, 5.41) is 9.97. The van der Waals surface area contributed by atoms with E-state index in [-0.39, 0.29) is 0 Å². The molecule has 0 saturated heterocycles. The van der Waals surface area contributed by atoms with Gasteiger partial charge in [0.05, 0.1) is 4.88 Å². The van der Waals surface area contributed by atoms with Crippen molar-refractivity contribution < 1.29 is 0 Å². The SMILES string of the molecule is CCCSc1n[nH]c(-c2cccs2)n1. The number of rotatable bonds is 4. The Morgan fingerprint density at radius 2 is 2.50 bits per heavy atom. The van der Waals surface area contributed by atoms with Gasteiger partial charge in [0.1, 0.15) is 0 Å². The minimum atomic E-state index is 0.843. The van der Waals surface area contributed by atoms with Gasteiger partial charge in [-0.2, -0.15) is 0 Å². The Labute approximate surface area is 91.0 Å². The van der Waals surface area contributed by atoms with Crippen molar-refractivity contribution in [1.82, 2.24) is 15.2 Å². The zero-order chi connectivity index (χ0) is 9.80. The van der Waals surface area contributed by atoms with Crippen LogP contribution >= 0.6 is 23.1 Å². The molecular weight excluding hydrogens is 214 g/mol. The molecule has 14 heavy (non-hydrogen) atoms. The zero-order valence-electron chi connectivity index (χ0n) is 7.86. The molecule has 0 aliphatic heterocycles. The van der Waals surface area contributed by atoms with E-state index in [0.717, 1.165) is 28.0 Å². The minimum absolute atomic E-state index is 0.843.